The summed E-state index contributed by atoms with van der Waals surface area (Å²) in [7, 11) is 0. The summed E-state index contributed by atoms with van der Waals surface area (Å²) in [4.78, 5) is 23.8. The van der Waals surface area contributed by atoms with Crippen molar-refractivity contribution in [1.82, 2.24) is 0 Å². The molecule has 0 amide bonds. The fraction of sp³-hybridized carbons (Fsp3) is 0.462. The molecule has 10 nitrogen and oxygen atoms in total. The molecule has 2 saturated heterocycles. The Kier molecular flexibility index (Phi) is 8.68. The van der Waals surface area contributed by atoms with Crippen molar-refractivity contribution >= 4 is 11.9 Å². The maximum absolute atomic E-state index is 11.9. The molecule has 2 aromatic rings. The summed E-state index contributed by atoms with van der Waals surface area (Å²) in [6.45, 7) is 3.63. The molecular weight excluding hydrogens is 472 g/mol. The Bertz CT molecular complexity index is 1020. The van der Waals surface area contributed by atoms with Crippen molar-refractivity contribution in [3.8, 4) is 0 Å². The summed E-state index contributed by atoms with van der Waals surface area (Å²) in [5.41, 5.74) is 2.08. The monoisotopic (exact) mass is 502 g/mol. The lowest BCUT2D eigenvalue weighted by atomic mass is 9.99. The Morgan fingerprint density at radius 1 is 0.861 bits per heavy atom. The molecule has 0 aromatic heterocycles. The molecule has 2 aliphatic rings. The van der Waals surface area contributed by atoms with E-state index < -0.39 is 55.5 Å². The first-order valence-electron chi connectivity index (χ1n) is 11.9. The van der Waals surface area contributed by atoms with Crippen LogP contribution in [0.15, 0.2) is 48.5 Å². The second kappa shape index (κ2) is 11.9. The molecule has 36 heavy (non-hydrogen) atoms. The van der Waals surface area contributed by atoms with Crippen LogP contribution in [0.3, 0.4) is 0 Å². The number of fused-ring (bicyclic) bond motifs is 1. The SMILES string of the molecule is CCOC(=O)c1ccc(C2OC[C@@H]3OC(c4ccc(C(=O)OCC)cc4)O[C@H]([C@H](O)CO)[C@@H]3O2)cc1. The lowest BCUT2D eigenvalue weighted by Crippen LogP contribution is -2.58. The van der Waals surface area contributed by atoms with Crippen molar-refractivity contribution in [3.05, 3.63) is 70.8 Å². The van der Waals surface area contributed by atoms with Crippen molar-refractivity contribution in [1.29, 1.82) is 0 Å². The number of aliphatic hydroxyl groups excluding tert-OH is 2. The van der Waals surface area contributed by atoms with Crippen LogP contribution in [0, 0.1) is 0 Å². The van der Waals surface area contributed by atoms with Crippen molar-refractivity contribution in [2.45, 2.75) is 50.8 Å². The number of hydrogen-bond acceptors (Lipinski definition) is 10. The van der Waals surface area contributed by atoms with Crippen LogP contribution in [-0.2, 0) is 28.4 Å². The Morgan fingerprint density at radius 2 is 1.39 bits per heavy atom. The molecule has 2 heterocycles. The van der Waals surface area contributed by atoms with Gasteiger partial charge in [-0.1, -0.05) is 24.3 Å². The molecular formula is C26H30O10. The van der Waals surface area contributed by atoms with Gasteiger partial charge in [-0.05, 0) is 38.1 Å². The number of benzene rings is 2. The predicted molar refractivity (Wildman–Crippen MR) is 124 cm³/mol. The molecule has 0 spiro atoms. The number of carbonyl (C=O) groups is 2. The summed E-state index contributed by atoms with van der Waals surface area (Å²) in [6, 6.07) is 13.2. The van der Waals surface area contributed by atoms with E-state index in [4.69, 9.17) is 28.4 Å². The maximum atomic E-state index is 11.9. The Morgan fingerprint density at radius 3 is 1.89 bits per heavy atom. The van der Waals surface area contributed by atoms with Gasteiger partial charge in [0, 0.05) is 11.1 Å². The topological polar surface area (TPSA) is 130 Å². The smallest absolute Gasteiger partial charge is 0.338 e. The van der Waals surface area contributed by atoms with Crippen LogP contribution in [-0.4, -0.2) is 73.0 Å². The molecule has 0 saturated carbocycles. The molecule has 10 heteroatoms. The lowest BCUT2D eigenvalue weighted by molar-refractivity contribution is -0.373. The Balaban J connectivity index is 1.48. The van der Waals surface area contributed by atoms with E-state index in [9.17, 15) is 19.8 Å². The number of hydrogen-bond donors (Lipinski definition) is 2. The summed E-state index contributed by atoms with van der Waals surface area (Å²) in [5.74, 6) is -0.852. The van der Waals surface area contributed by atoms with E-state index in [0.29, 0.717) is 22.3 Å². The minimum absolute atomic E-state index is 0.143. The van der Waals surface area contributed by atoms with Crippen molar-refractivity contribution < 1.29 is 48.2 Å². The molecule has 2 fully saturated rings. The summed E-state index contributed by atoms with van der Waals surface area (Å²) in [5, 5.41) is 20.1. The predicted octanol–water partition coefficient (Wildman–Crippen LogP) is 2.29. The quantitative estimate of drug-likeness (QED) is 0.519. The Hall–Kier alpha value is -2.86. The Labute approximate surface area is 208 Å². The lowest BCUT2D eigenvalue weighted by Gasteiger charge is -2.47. The third kappa shape index (κ3) is 5.75. The molecule has 194 valence electrons. The highest BCUT2D eigenvalue weighted by molar-refractivity contribution is 5.89. The number of aliphatic hydroxyl groups is 2. The van der Waals surface area contributed by atoms with Gasteiger partial charge in [0.1, 0.15) is 24.4 Å². The first kappa shape index (κ1) is 26.2. The third-order valence-electron chi connectivity index (χ3n) is 5.92. The van der Waals surface area contributed by atoms with Gasteiger partial charge in [0.2, 0.25) is 0 Å². The summed E-state index contributed by atoms with van der Waals surface area (Å²) in [6.07, 6.45) is -5.12. The first-order chi connectivity index (χ1) is 17.4. The van der Waals surface area contributed by atoms with E-state index in [-0.39, 0.29) is 19.8 Å². The normalized spacial score (nSPS) is 26.5. The molecule has 0 bridgehead atoms. The van der Waals surface area contributed by atoms with E-state index in [2.05, 4.69) is 0 Å². The van der Waals surface area contributed by atoms with Gasteiger partial charge < -0.3 is 38.6 Å². The van der Waals surface area contributed by atoms with Gasteiger partial charge in [0.05, 0.1) is 37.6 Å². The third-order valence-corrected chi connectivity index (χ3v) is 5.92. The molecule has 4 rings (SSSR count). The number of esters is 2. The second-order valence-corrected chi connectivity index (χ2v) is 8.31. The fourth-order valence-corrected chi connectivity index (χ4v) is 4.09. The van der Waals surface area contributed by atoms with Crippen LogP contribution in [0.4, 0.5) is 0 Å². The van der Waals surface area contributed by atoms with Crippen LogP contribution in [0.25, 0.3) is 0 Å². The van der Waals surface area contributed by atoms with Crippen LogP contribution in [0.1, 0.15) is 58.3 Å². The minimum Gasteiger partial charge on any atom is -0.462 e. The zero-order valence-electron chi connectivity index (χ0n) is 20.1. The molecule has 6 atom stereocenters. The van der Waals surface area contributed by atoms with Gasteiger partial charge in [-0.3, -0.25) is 0 Å². The highest BCUT2D eigenvalue weighted by Gasteiger charge is 2.48. The van der Waals surface area contributed by atoms with Gasteiger partial charge in [-0.2, -0.15) is 0 Å². The van der Waals surface area contributed by atoms with Crippen LogP contribution in [0.5, 0.6) is 0 Å². The molecule has 2 unspecified atom stereocenters. The zero-order chi connectivity index (χ0) is 25.7. The highest BCUT2D eigenvalue weighted by atomic mass is 16.8. The highest BCUT2D eigenvalue weighted by Crippen LogP contribution is 2.39. The van der Waals surface area contributed by atoms with Crippen molar-refractivity contribution in [2.75, 3.05) is 26.4 Å². The van der Waals surface area contributed by atoms with Gasteiger partial charge in [-0.15, -0.1) is 0 Å². The first-order valence-corrected chi connectivity index (χ1v) is 11.9. The van der Waals surface area contributed by atoms with Crippen molar-refractivity contribution in [2.24, 2.45) is 0 Å². The summed E-state index contributed by atoms with van der Waals surface area (Å²) < 4.78 is 34.1. The second-order valence-electron chi connectivity index (χ2n) is 8.31. The van der Waals surface area contributed by atoms with Crippen LogP contribution < -0.4 is 0 Å². The van der Waals surface area contributed by atoms with Gasteiger partial charge in [0.25, 0.3) is 0 Å². The van der Waals surface area contributed by atoms with Crippen LogP contribution in [0.2, 0.25) is 0 Å². The van der Waals surface area contributed by atoms with E-state index in [1.165, 1.54) is 0 Å². The zero-order valence-corrected chi connectivity index (χ0v) is 20.1. The number of ether oxygens (including phenoxy) is 6. The van der Waals surface area contributed by atoms with Gasteiger partial charge in [-0.25, -0.2) is 9.59 Å². The fourth-order valence-electron chi connectivity index (χ4n) is 4.09. The summed E-state index contributed by atoms with van der Waals surface area (Å²) >= 11 is 0. The van der Waals surface area contributed by atoms with E-state index >= 15 is 0 Å². The minimum atomic E-state index is -1.23. The van der Waals surface area contributed by atoms with Crippen LogP contribution >= 0.6 is 0 Å². The average Bonchev–Trinajstić information content (AvgIpc) is 2.92. The average molecular weight is 503 g/mol. The molecule has 2 N–H and O–H groups in total. The van der Waals surface area contributed by atoms with Crippen molar-refractivity contribution in [3.63, 3.8) is 0 Å². The molecule has 2 aromatic carbocycles. The standard InChI is InChI=1S/C26H30O10/c1-3-31-23(29)15-5-9-17(10-6-15)25-33-14-20-22(36-25)21(19(28)13-27)35-26(34-20)18-11-7-16(8-12-18)24(30)32-4-2/h5-12,19-22,25-28H,3-4,13-14H2,1-2H3/t19-,20+,21-,22-,25?,26?/m1/s1. The largest absolute Gasteiger partial charge is 0.462 e. The molecule has 2 aliphatic heterocycles. The maximum Gasteiger partial charge on any atom is 0.338 e. The number of carbonyl (C=O) groups excluding carboxylic acids is 2. The van der Waals surface area contributed by atoms with E-state index in [1.54, 1.807) is 62.4 Å². The molecule has 0 radical (unpaired) electrons. The van der Waals surface area contributed by atoms with E-state index in [0.717, 1.165) is 0 Å². The number of rotatable bonds is 8. The van der Waals surface area contributed by atoms with Gasteiger partial charge >= 0.3 is 11.9 Å². The molecule has 0 aliphatic carbocycles. The van der Waals surface area contributed by atoms with Gasteiger partial charge in [0.15, 0.2) is 12.6 Å². The van der Waals surface area contributed by atoms with E-state index in [1.807, 2.05) is 0 Å².